The third kappa shape index (κ3) is 2.51. The summed E-state index contributed by atoms with van der Waals surface area (Å²) in [4.78, 5) is 24.2. The second-order valence-electron chi connectivity index (χ2n) is 5.11. The SMILES string of the molecule is CC1(Cc2ccccc2CI)C(=O)CCCC1=O. The van der Waals surface area contributed by atoms with Crippen molar-refractivity contribution in [3.05, 3.63) is 35.4 Å². The van der Waals surface area contributed by atoms with Gasteiger partial charge in [0.05, 0.1) is 5.41 Å². The van der Waals surface area contributed by atoms with Gasteiger partial charge in [-0.1, -0.05) is 46.9 Å². The number of hydrogen-bond acceptors (Lipinski definition) is 2. The molecule has 1 aliphatic rings. The molecule has 0 radical (unpaired) electrons. The van der Waals surface area contributed by atoms with E-state index in [-0.39, 0.29) is 11.6 Å². The predicted octanol–water partition coefficient (Wildman–Crippen LogP) is 3.49. The number of hydrogen-bond donors (Lipinski definition) is 0. The maximum absolute atomic E-state index is 12.1. The summed E-state index contributed by atoms with van der Waals surface area (Å²) in [6.07, 6.45) is 2.38. The maximum atomic E-state index is 12.1. The fourth-order valence-corrected chi connectivity index (χ4v) is 3.30. The van der Waals surface area contributed by atoms with Crippen LogP contribution in [0.3, 0.4) is 0 Å². The van der Waals surface area contributed by atoms with Crippen LogP contribution in [0.2, 0.25) is 0 Å². The summed E-state index contributed by atoms with van der Waals surface area (Å²) in [6.45, 7) is 1.82. The lowest BCUT2D eigenvalue weighted by Gasteiger charge is -2.31. The number of Topliss-reactive ketones (excluding diaryl/α,β-unsaturated/α-hetero) is 2. The zero-order valence-corrected chi connectivity index (χ0v) is 12.7. The zero-order chi connectivity index (χ0) is 13.2. The van der Waals surface area contributed by atoms with Gasteiger partial charge in [-0.3, -0.25) is 9.59 Å². The quantitative estimate of drug-likeness (QED) is 0.472. The average Bonchev–Trinajstić information content (AvgIpc) is 2.37. The van der Waals surface area contributed by atoms with Gasteiger partial charge in [-0.15, -0.1) is 0 Å². The molecule has 1 aromatic carbocycles. The Bertz CT molecular complexity index is 463. The van der Waals surface area contributed by atoms with Crippen LogP contribution in [0.5, 0.6) is 0 Å². The van der Waals surface area contributed by atoms with E-state index in [0.29, 0.717) is 19.3 Å². The molecule has 0 saturated heterocycles. The number of benzene rings is 1. The van der Waals surface area contributed by atoms with E-state index in [9.17, 15) is 9.59 Å². The van der Waals surface area contributed by atoms with Gasteiger partial charge < -0.3 is 0 Å². The van der Waals surface area contributed by atoms with Gasteiger partial charge in [0, 0.05) is 17.3 Å². The molecule has 1 aliphatic carbocycles. The molecular formula is C15H17IO2. The average molecular weight is 356 g/mol. The van der Waals surface area contributed by atoms with Crippen LogP contribution >= 0.6 is 22.6 Å². The normalized spacial score (nSPS) is 19.0. The van der Waals surface area contributed by atoms with E-state index >= 15 is 0 Å². The molecule has 0 unspecified atom stereocenters. The molecule has 18 heavy (non-hydrogen) atoms. The highest BCUT2D eigenvalue weighted by Gasteiger charge is 2.42. The van der Waals surface area contributed by atoms with Crippen molar-refractivity contribution in [1.29, 1.82) is 0 Å². The number of carbonyl (C=O) groups is 2. The summed E-state index contributed by atoms with van der Waals surface area (Å²) < 4.78 is 0.909. The Morgan fingerprint density at radius 3 is 2.22 bits per heavy atom. The van der Waals surface area contributed by atoms with E-state index in [1.54, 1.807) is 0 Å². The van der Waals surface area contributed by atoms with Crippen LogP contribution in [-0.4, -0.2) is 11.6 Å². The predicted molar refractivity (Wildman–Crippen MR) is 79.8 cm³/mol. The lowest BCUT2D eigenvalue weighted by molar-refractivity contribution is -0.142. The third-order valence-corrected chi connectivity index (χ3v) is 4.67. The van der Waals surface area contributed by atoms with Gasteiger partial charge in [-0.05, 0) is 30.9 Å². The molecule has 0 amide bonds. The van der Waals surface area contributed by atoms with Crippen molar-refractivity contribution >= 4 is 34.2 Å². The monoisotopic (exact) mass is 356 g/mol. The summed E-state index contributed by atoms with van der Waals surface area (Å²) in [5.74, 6) is 0.226. The molecular weight excluding hydrogens is 339 g/mol. The van der Waals surface area contributed by atoms with Crippen molar-refractivity contribution in [3.63, 3.8) is 0 Å². The highest BCUT2D eigenvalue weighted by molar-refractivity contribution is 14.1. The van der Waals surface area contributed by atoms with Gasteiger partial charge in [0.25, 0.3) is 0 Å². The molecule has 0 aliphatic heterocycles. The van der Waals surface area contributed by atoms with Crippen LogP contribution in [0, 0.1) is 5.41 Å². The fourth-order valence-electron chi connectivity index (χ4n) is 2.56. The van der Waals surface area contributed by atoms with Crippen molar-refractivity contribution < 1.29 is 9.59 Å². The Morgan fingerprint density at radius 1 is 1.11 bits per heavy atom. The molecule has 0 heterocycles. The van der Waals surface area contributed by atoms with Gasteiger partial charge in [0.2, 0.25) is 0 Å². The third-order valence-electron chi connectivity index (χ3n) is 3.84. The number of carbonyl (C=O) groups excluding carboxylic acids is 2. The first-order valence-electron chi connectivity index (χ1n) is 6.27. The fraction of sp³-hybridized carbons (Fsp3) is 0.467. The van der Waals surface area contributed by atoms with Crippen molar-refractivity contribution in [3.8, 4) is 0 Å². The molecule has 0 aromatic heterocycles. The van der Waals surface area contributed by atoms with E-state index in [1.165, 1.54) is 5.56 Å². The van der Waals surface area contributed by atoms with Gasteiger partial charge >= 0.3 is 0 Å². The van der Waals surface area contributed by atoms with E-state index < -0.39 is 5.41 Å². The number of halogens is 1. The molecule has 2 nitrogen and oxygen atoms in total. The second kappa shape index (κ2) is 5.51. The van der Waals surface area contributed by atoms with Crippen molar-refractivity contribution in [2.45, 2.75) is 37.0 Å². The van der Waals surface area contributed by atoms with Crippen molar-refractivity contribution in [2.75, 3.05) is 0 Å². The number of ketones is 2. The molecule has 1 saturated carbocycles. The molecule has 0 spiro atoms. The first-order chi connectivity index (χ1) is 8.58. The maximum Gasteiger partial charge on any atom is 0.146 e. The summed E-state index contributed by atoms with van der Waals surface area (Å²) in [6, 6.07) is 8.09. The molecule has 1 fully saturated rings. The molecule has 0 N–H and O–H groups in total. The number of alkyl halides is 1. The van der Waals surface area contributed by atoms with Gasteiger partial charge in [-0.2, -0.15) is 0 Å². The molecule has 2 rings (SSSR count). The van der Waals surface area contributed by atoms with Crippen molar-refractivity contribution in [1.82, 2.24) is 0 Å². The van der Waals surface area contributed by atoms with E-state index in [4.69, 9.17) is 0 Å². The van der Waals surface area contributed by atoms with E-state index in [1.807, 2.05) is 25.1 Å². The first-order valence-corrected chi connectivity index (χ1v) is 7.80. The van der Waals surface area contributed by atoms with E-state index in [0.717, 1.165) is 16.4 Å². The first kappa shape index (κ1) is 13.7. The van der Waals surface area contributed by atoms with Crippen LogP contribution < -0.4 is 0 Å². The molecule has 96 valence electrons. The Morgan fingerprint density at radius 2 is 1.67 bits per heavy atom. The molecule has 0 bridgehead atoms. The smallest absolute Gasteiger partial charge is 0.146 e. The summed E-state index contributed by atoms with van der Waals surface area (Å²) >= 11 is 2.32. The minimum Gasteiger partial charge on any atom is -0.299 e. The summed E-state index contributed by atoms with van der Waals surface area (Å²) in [5, 5.41) is 0. The van der Waals surface area contributed by atoms with Crippen LogP contribution in [0.1, 0.15) is 37.3 Å². The van der Waals surface area contributed by atoms with Crippen LogP contribution in [0.4, 0.5) is 0 Å². The summed E-state index contributed by atoms with van der Waals surface area (Å²) in [7, 11) is 0. The standard InChI is InChI=1S/C15H17IO2/c1-15(13(17)7-4-8-14(15)18)9-11-5-2-3-6-12(11)10-16/h2-3,5-6H,4,7-10H2,1H3. The van der Waals surface area contributed by atoms with Crippen LogP contribution in [-0.2, 0) is 20.4 Å². The second-order valence-corrected chi connectivity index (χ2v) is 5.87. The Balaban J connectivity index is 2.31. The highest BCUT2D eigenvalue weighted by atomic mass is 127. The lowest BCUT2D eigenvalue weighted by Crippen LogP contribution is -2.41. The topological polar surface area (TPSA) is 34.1 Å². The molecule has 0 atom stereocenters. The number of rotatable bonds is 3. The van der Waals surface area contributed by atoms with Gasteiger partial charge in [-0.25, -0.2) is 0 Å². The summed E-state index contributed by atoms with van der Waals surface area (Å²) in [5.41, 5.74) is 1.57. The molecule has 3 heteroatoms. The van der Waals surface area contributed by atoms with Crippen LogP contribution in [0.25, 0.3) is 0 Å². The largest absolute Gasteiger partial charge is 0.299 e. The Kier molecular flexibility index (Phi) is 4.20. The molecule has 1 aromatic rings. The Hall–Kier alpha value is -0.710. The highest BCUT2D eigenvalue weighted by Crippen LogP contribution is 2.34. The van der Waals surface area contributed by atoms with Gasteiger partial charge in [0.15, 0.2) is 0 Å². The zero-order valence-electron chi connectivity index (χ0n) is 10.5. The minimum atomic E-state index is -0.792. The van der Waals surface area contributed by atoms with E-state index in [2.05, 4.69) is 28.7 Å². The van der Waals surface area contributed by atoms with Crippen molar-refractivity contribution in [2.24, 2.45) is 5.41 Å². The minimum absolute atomic E-state index is 0.113. The lowest BCUT2D eigenvalue weighted by atomic mass is 9.69. The van der Waals surface area contributed by atoms with Crippen LogP contribution in [0.15, 0.2) is 24.3 Å². The Labute approximate surface area is 121 Å². The van der Waals surface area contributed by atoms with Gasteiger partial charge in [0.1, 0.15) is 11.6 Å².